The van der Waals surface area contributed by atoms with E-state index >= 15 is 0 Å². The van der Waals surface area contributed by atoms with Gasteiger partial charge in [0.25, 0.3) is 0 Å². The molecule has 96 valence electrons. The zero-order valence-corrected chi connectivity index (χ0v) is 11.4. The second kappa shape index (κ2) is 6.69. The molecule has 2 atom stereocenters. The minimum absolute atomic E-state index is 0.0121. The molecule has 2 rings (SSSR count). The van der Waals surface area contributed by atoms with E-state index in [0.29, 0.717) is 6.61 Å². The first kappa shape index (κ1) is 13.3. The molecule has 0 spiro atoms. The highest BCUT2D eigenvalue weighted by molar-refractivity contribution is 7.07. The third kappa shape index (κ3) is 3.42. The molecule has 0 aliphatic heterocycles. The lowest BCUT2D eigenvalue weighted by molar-refractivity contribution is 0.0433. The van der Waals surface area contributed by atoms with Crippen molar-refractivity contribution in [3.8, 4) is 0 Å². The van der Waals surface area contributed by atoms with Gasteiger partial charge in [-0.05, 0) is 41.3 Å². The Balaban J connectivity index is 2.09. The van der Waals surface area contributed by atoms with Gasteiger partial charge in [0.05, 0.1) is 6.10 Å². The lowest BCUT2D eigenvalue weighted by Crippen LogP contribution is -2.32. The predicted octanol–water partition coefficient (Wildman–Crippen LogP) is 3.40. The molecular formula is C15H19NOS. The van der Waals surface area contributed by atoms with Gasteiger partial charge in [0.1, 0.15) is 0 Å². The van der Waals surface area contributed by atoms with E-state index in [1.165, 1.54) is 5.56 Å². The number of benzene rings is 1. The second-order valence-corrected chi connectivity index (χ2v) is 5.07. The Morgan fingerprint density at radius 3 is 2.61 bits per heavy atom. The molecule has 2 aromatic rings. The first-order valence-corrected chi connectivity index (χ1v) is 7.18. The molecule has 0 radical (unpaired) electrons. The van der Waals surface area contributed by atoms with Crippen molar-refractivity contribution < 1.29 is 4.74 Å². The Morgan fingerprint density at radius 1 is 1.22 bits per heavy atom. The van der Waals surface area contributed by atoms with Crippen molar-refractivity contribution in [2.24, 2.45) is 5.73 Å². The molecule has 2 N–H and O–H groups in total. The van der Waals surface area contributed by atoms with Crippen LogP contribution in [0.25, 0.3) is 0 Å². The van der Waals surface area contributed by atoms with Crippen LogP contribution in [0.15, 0.2) is 47.2 Å². The van der Waals surface area contributed by atoms with Crippen LogP contribution in [0.5, 0.6) is 0 Å². The van der Waals surface area contributed by atoms with Gasteiger partial charge in [-0.15, -0.1) is 0 Å². The molecule has 0 saturated carbocycles. The van der Waals surface area contributed by atoms with Crippen molar-refractivity contribution in [2.45, 2.75) is 25.5 Å². The van der Waals surface area contributed by atoms with E-state index in [4.69, 9.17) is 10.5 Å². The Hall–Kier alpha value is -1.16. The van der Waals surface area contributed by atoms with Crippen LogP contribution in [-0.2, 0) is 11.2 Å². The lowest BCUT2D eigenvalue weighted by atomic mass is 9.98. The standard InChI is InChI=1S/C15H19NOS/c1-2-17-15(13-6-4-3-5-7-13)14(16)10-12-8-9-18-11-12/h3-9,11,14-15H,2,10,16H2,1H3. The van der Waals surface area contributed by atoms with Gasteiger partial charge < -0.3 is 10.5 Å². The Kier molecular flexibility index (Phi) is 4.93. The molecule has 18 heavy (non-hydrogen) atoms. The maximum Gasteiger partial charge on any atom is 0.0978 e. The van der Waals surface area contributed by atoms with E-state index in [9.17, 15) is 0 Å². The molecule has 2 nitrogen and oxygen atoms in total. The number of nitrogens with two attached hydrogens (primary N) is 1. The Labute approximate surface area is 112 Å². The van der Waals surface area contributed by atoms with Crippen molar-refractivity contribution in [3.05, 3.63) is 58.3 Å². The third-order valence-electron chi connectivity index (χ3n) is 2.91. The molecule has 0 amide bonds. The van der Waals surface area contributed by atoms with E-state index in [-0.39, 0.29) is 12.1 Å². The number of thiophene rings is 1. The van der Waals surface area contributed by atoms with Gasteiger partial charge in [-0.25, -0.2) is 0 Å². The van der Waals surface area contributed by atoms with Gasteiger partial charge in [-0.1, -0.05) is 30.3 Å². The summed E-state index contributed by atoms with van der Waals surface area (Å²) >= 11 is 1.71. The van der Waals surface area contributed by atoms with Crippen LogP contribution in [0, 0.1) is 0 Å². The summed E-state index contributed by atoms with van der Waals surface area (Å²) in [6.45, 7) is 2.68. The molecule has 0 fully saturated rings. The first-order valence-electron chi connectivity index (χ1n) is 6.24. The van der Waals surface area contributed by atoms with E-state index in [1.807, 2.05) is 25.1 Å². The fourth-order valence-corrected chi connectivity index (χ4v) is 2.76. The largest absolute Gasteiger partial charge is 0.372 e. The Bertz CT molecular complexity index is 441. The highest BCUT2D eigenvalue weighted by Crippen LogP contribution is 2.23. The summed E-state index contributed by atoms with van der Waals surface area (Å²) in [6.07, 6.45) is 0.819. The lowest BCUT2D eigenvalue weighted by Gasteiger charge is -2.24. The van der Waals surface area contributed by atoms with Crippen LogP contribution in [0.4, 0.5) is 0 Å². The summed E-state index contributed by atoms with van der Waals surface area (Å²) in [7, 11) is 0. The summed E-state index contributed by atoms with van der Waals surface area (Å²) in [5, 5.41) is 4.23. The summed E-state index contributed by atoms with van der Waals surface area (Å²) in [6, 6.07) is 12.3. The SMILES string of the molecule is CCOC(c1ccccc1)C(N)Cc1ccsc1. The zero-order valence-electron chi connectivity index (χ0n) is 10.6. The van der Waals surface area contributed by atoms with Crippen molar-refractivity contribution in [1.82, 2.24) is 0 Å². The monoisotopic (exact) mass is 261 g/mol. The molecule has 0 aliphatic carbocycles. The van der Waals surface area contributed by atoms with E-state index in [0.717, 1.165) is 12.0 Å². The average molecular weight is 261 g/mol. The van der Waals surface area contributed by atoms with Crippen molar-refractivity contribution >= 4 is 11.3 Å². The highest BCUT2D eigenvalue weighted by atomic mass is 32.1. The normalized spacial score (nSPS) is 14.3. The molecule has 1 aromatic carbocycles. The minimum atomic E-state index is -0.0314. The van der Waals surface area contributed by atoms with Crippen LogP contribution >= 0.6 is 11.3 Å². The first-order chi connectivity index (χ1) is 8.81. The molecule has 2 unspecified atom stereocenters. The summed E-state index contributed by atoms with van der Waals surface area (Å²) in [5.41, 5.74) is 8.75. The van der Waals surface area contributed by atoms with Gasteiger partial charge in [0.2, 0.25) is 0 Å². The number of hydrogen-bond donors (Lipinski definition) is 1. The summed E-state index contributed by atoms with van der Waals surface area (Å²) < 4.78 is 5.82. The van der Waals surface area contributed by atoms with E-state index < -0.39 is 0 Å². The third-order valence-corrected chi connectivity index (χ3v) is 3.65. The van der Waals surface area contributed by atoms with Crippen molar-refractivity contribution in [1.29, 1.82) is 0 Å². The van der Waals surface area contributed by atoms with Crippen LogP contribution in [0.2, 0.25) is 0 Å². The maximum absolute atomic E-state index is 6.31. The van der Waals surface area contributed by atoms with Gasteiger partial charge in [0.15, 0.2) is 0 Å². The summed E-state index contributed by atoms with van der Waals surface area (Å²) in [5.74, 6) is 0. The quantitative estimate of drug-likeness (QED) is 0.865. The topological polar surface area (TPSA) is 35.2 Å². The number of ether oxygens (including phenoxy) is 1. The van der Waals surface area contributed by atoms with Crippen LogP contribution in [0.1, 0.15) is 24.2 Å². The average Bonchev–Trinajstić information content (AvgIpc) is 2.89. The van der Waals surface area contributed by atoms with Gasteiger partial charge in [0, 0.05) is 12.6 Å². The second-order valence-electron chi connectivity index (χ2n) is 4.29. The molecular weight excluding hydrogens is 242 g/mol. The minimum Gasteiger partial charge on any atom is -0.372 e. The zero-order chi connectivity index (χ0) is 12.8. The van der Waals surface area contributed by atoms with E-state index in [1.54, 1.807) is 11.3 Å². The summed E-state index contributed by atoms with van der Waals surface area (Å²) in [4.78, 5) is 0. The molecule has 0 aliphatic rings. The molecule has 1 aromatic heterocycles. The maximum atomic E-state index is 6.31. The van der Waals surface area contributed by atoms with Crippen LogP contribution in [0.3, 0.4) is 0 Å². The van der Waals surface area contributed by atoms with Gasteiger partial charge in [-0.3, -0.25) is 0 Å². The van der Waals surface area contributed by atoms with Crippen molar-refractivity contribution in [3.63, 3.8) is 0 Å². The van der Waals surface area contributed by atoms with Crippen LogP contribution in [-0.4, -0.2) is 12.6 Å². The fourth-order valence-electron chi connectivity index (χ4n) is 2.08. The van der Waals surface area contributed by atoms with Crippen molar-refractivity contribution in [2.75, 3.05) is 6.61 Å². The molecule has 1 heterocycles. The van der Waals surface area contributed by atoms with Gasteiger partial charge >= 0.3 is 0 Å². The highest BCUT2D eigenvalue weighted by Gasteiger charge is 2.20. The molecule has 0 saturated heterocycles. The number of hydrogen-bond acceptors (Lipinski definition) is 3. The Morgan fingerprint density at radius 2 is 2.00 bits per heavy atom. The number of rotatable bonds is 6. The van der Waals surface area contributed by atoms with Gasteiger partial charge in [-0.2, -0.15) is 11.3 Å². The fraction of sp³-hybridized carbons (Fsp3) is 0.333. The molecule has 3 heteroatoms. The predicted molar refractivity (Wildman–Crippen MR) is 76.8 cm³/mol. The smallest absolute Gasteiger partial charge is 0.0978 e. The molecule has 0 bridgehead atoms. The van der Waals surface area contributed by atoms with Crippen LogP contribution < -0.4 is 5.73 Å². The van der Waals surface area contributed by atoms with E-state index in [2.05, 4.69) is 29.0 Å².